The lowest BCUT2D eigenvalue weighted by Gasteiger charge is -2.05. The molecule has 4 aromatic rings. The Morgan fingerprint density at radius 2 is 2.00 bits per heavy atom. The molecule has 8 heteroatoms. The van der Waals surface area contributed by atoms with Gasteiger partial charge in [0.2, 0.25) is 0 Å². The lowest BCUT2D eigenvalue weighted by molar-refractivity contribution is 0.198. The summed E-state index contributed by atoms with van der Waals surface area (Å²) in [5.41, 5.74) is 4.54. The molecule has 0 aliphatic rings. The number of nitrogens with zero attached hydrogens (tertiary/aromatic N) is 3. The minimum atomic E-state index is -0.573. The first kappa shape index (κ1) is 23.0. The maximum Gasteiger partial charge on any atom is 0.127 e. The van der Waals surface area contributed by atoms with Crippen LogP contribution in [0.4, 0.5) is 4.39 Å². The molecule has 1 atom stereocenters. The first-order valence-electron chi connectivity index (χ1n) is 10.4. The van der Waals surface area contributed by atoms with Gasteiger partial charge >= 0.3 is 0 Å². The Labute approximate surface area is 199 Å². The molecule has 0 amide bonds. The zero-order chi connectivity index (χ0) is 22.7. The van der Waals surface area contributed by atoms with Crippen LogP contribution in [0.3, 0.4) is 0 Å². The zero-order valence-electron chi connectivity index (χ0n) is 17.8. The van der Waals surface area contributed by atoms with Crippen molar-refractivity contribution in [3.8, 4) is 10.6 Å². The Balaban J connectivity index is 1.41. The lowest BCUT2D eigenvalue weighted by atomic mass is 10.0. The van der Waals surface area contributed by atoms with Gasteiger partial charge in [-0.15, -0.1) is 22.7 Å². The highest BCUT2D eigenvalue weighted by atomic mass is 35.5. The number of benzene rings is 1. The Morgan fingerprint density at radius 3 is 2.69 bits per heavy atom. The molecule has 0 saturated carbocycles. The third-order valence-corrected chi connectivity index (χ3v) is 7.48. The van der Waals surface area contributed by atoms with Crippen LogP contribution < -0.4 is 0 Å². The van der Waals surface area contributed by atoms with Crippen LogP contribution in [0.2, 0.25) is 5.02 Å². The fourth-order valence-corrected chi connectivity index (χ4v) is 5.44. The van der Waals surface area contributed by atoms with Crippen molar-refractivity contribution >= 4 is 34.3 Å². The summed E-state index contributed by atoms with van der Waals surface area (Å²) in [7, 11) is 0. The maximum absolute atomic E-state index is 14.0. The second kappa shape index (κ2) is 10.2. The number of aromatic nitrogens is 3. The van der Waals surface area contributed by atoms with Gasteiger partial charge in [0.1, 0.15) is 16.9 Å². The quantitative estimate of drug-likeness (QED) is 0.310. The van der Waals surface area contributed by atoms with Gasteiger partial charge < -0.3 is 5.11 Å². The van der Waals surface area contributed by atoms with E-state index in [1.807, 2.05) is 23.7 Å². The number of halogens is 2. The van der Waals surface area contributed by atoms with Crippen LogP contribution in [-0.4, -0.2) is 20.1 Å². The summed E-state index contributed by atoms with van der Waals surface area (Å²) in [5.74, 6) is -0.269. The topological polar surface area (TPSA) is 58.9 Å². The minimum Gasteiger partial charge on any atom is -0.386 e. The van der Waals surface area contributed by atoms with Crippen molar-refractivity contribution in [1.82, 2.24) is 15.0 Å². The van der Waals surface area contributed by atoms with E-state index >= 15 is 0 Å². The molecule has 0 fully saturated rings. The van der Waals surface area contributed by atoms with Crippen molar-refractivity contribution in [2.45, 2.75) is 45.6 Å². The first-order chi connectivity index (χ1) is 15.4. The molecular weight excluding hydrogens is 465 g/mol. The van der Waals surface area contributed by atoms with Crippen molar-refractivity contribution < 1.29 is 9.50 Å². The van der Waals surface area contributed by atoms with Gasteiger partial charge in [-0.3, -0.25) is 4.98 Å². The normalized spacial score (nSPS) is 12.3. The average Bonchev–Trinajstić information content (AvgIpc) is 3.41. The Hall–Kier alpha value is -2.19. The number of hydrogen-bond donors (Lipinski definition) is 1. The van der Waals surface area contributed by atoms with Crippen molar-refractivity contribution in [2.75, 3.05) is 0 Å². The molecule has 166 valence electrons. The molecule has 4 nitrogen and oxygen atoms in total. The summed E-state index contributed by atoms with van der Waals surface area (Å²) in [4.78, 5) is 14.9. The van der Waals surface area contributed by atoms with Crippen LogP contribution in [0.5, 0.6) is 0 Å². The molecule has 0 spiro atoms. The van der Waals surface area contributed by atoms with E-state index in [1.165, 1.54) is 17.4 Å². The Kier molecular flexibility index (Phi) is 7.30. The van der Waals surface area contributed by atoms with Gasteiger partial charge in [-0.2, -0.15) is 0 Å². The lowest BCUT2D eigenvalue weighted by Crippen LogP contribution is -1.97. The molecule has 32 heavy (non-hydrogen) atoms. The van der Waals surface area contributed by atoms with E-state index in [0.717, 1.165) is 44.0 Å². The number of thiazole rings is 2. The second-order valence-corrected chi connectivity index (χ2v) is 9.96. The maximum atomic E-state index is 14.0. The third-order valence-electron chi connectivity index (χ3n) is 5.11. The molecule has 1 unspecified atom stereocenters. The highest BCUT2D eigenvalue weighted by Gasteiger charge is 2.17. The van der Waals surface area contributed by atoms with Crippen LogP contribution in [-0.2, 0) is 25.7 Å². The number of aliphatic hydroxyl groups is 1. The van der Waals surface area contributed by atoms with Crippen LogP contribution in [0.1, 0.15) is 52.5 Å². The van der Waals surface area contributed by atoms with Gasteiger partial charge in [-0.05, 0) is 55.5 Å². The largest absolute Gasteiger partial charge is 0.386 e. The molecule has 1 aromatic carbocycles. The predicted octanol–water partition coefficient (Wildman–Crippen LogP) is 6.45. The van der Waals surface area contributed by atoms with Gasteiger partial charge in [0.25, 0.3) is 0 Å². The molecule has 0 aliphatic carbocycles. The SMILES string of the molecule is CCc1nc(C(C)O)sc1-c1csc(Cc2ccc(CCc3ccc(Cl)cc3F)cn2)n1. The molecule has 0 radical (unpaired) electrons. The van der Waals surface area contributed by atoms with Crippen molar-refractivity contribution in [3.05, 3.63) is 85.3 Å². The third kappa shape index (κ3) is 5.41. The predicted molar refractivity (Wildman–Crippen MR) is 129 cm³/mol. The van der Waals surface area contributed by atoms with Crippen molar-refractivity contribution in [2.24, 2.45) is 0 Å². The molecule has 3 aromatic heterocycles. The van der Waals surface area contributed by atoms with E-state index < -0.39 is 6.10 Å². The van der Waals surface area contributed by atoms with Gasteiger partial charge in [-0.25, -0.2) is 14.4 Å². The Morgan fingerprint density at radius 1 is 1.16 bits per heavy atom. The first-order valence-corrected chi connectivity index (χ1v) is 12.5. The van der Waals surface area contributed by atoms with Gasteiger partial charge in [0, 0.05) is 28.7 Å². The van der Waals surface area contributed by atoms with Gasteiger partial charge in [0.15, 0.2) is 0 Å². The molecular formula is C24H23ClFN3OS2. The summed E-state index contributed by atoms with van der Waals surface area (Å²) in [6.45, 7) is 3.79. The summed E-state index contributed by atoms with van der Waals surface area (Å²) >= 11 is 8.92. The van der Waals surface area contributed by atoms with E-state index in [4.69, 9.17) is 16.6 Å². The number of rotatable bonds is 8. The van der Waals surface area contributed by atoms with Crippen molar-refractivity contribution in [3.63, 3.8) is 0 Å². The van der Waals surface area contributed by atoms with E-state index in [2.05, 4.69) is 16.9 Å². The zero-order valence-corrected chi connectivity index (χ0v) is 20.2. The second-order valence-electron chi connectivity index (χ2n) is 7.55. The Bertz CT molecular complexity index is 1200. The van der Waals surface area contributed by atoms with E-state index in [-0.39, 0.29) is 5.82 Å². The molecule has 0 saturated heterocycles. The molecule has 1 N–H and O–H groups in total. The average molecular weight is 488 g/mol. The van der Waals surface area contributed by atoms with Crippen LogP contribution in [0.25, 0.3) is 10.6 Å². The fraction of sp³-hybridized carbons (Fsp3) is 0.292. The fourth-order valence-electron chi connectivity index (χ4n) is 3.35. The highest BCUT2D eigenvalue weighted by molar-refractivity contribution is 7.16. The minimum absolute atomic E-state index is 0.269. The number of aliphatic hydroxyl groups excluding tert-OH is 1. The van der Waals surface area contributed by atoms with Crippen LogP contribution in [0, 0.1) is 5.82 Å². The molecule has 0 bridgehead atoms. The van der Waals surface area contributed by atoms with E-state index in [1.54, 1.807) is 30.4 Å². The number of hydrogen-bond acceptors (Lipinski definition) is 6. The summed E-state index contributed by atoms with van der Waals surface area (Å²) in [6.07, 6.45) is 4.04. The standard InChI is InChI=1S/C24H23ClFN3OS2/c1-3-20-23(32-24(29-20)14(2)30)21-13-31-22(28-21)11-18-9-5-15(12-27-18)4-6-16-7-8-17(25)10-19(16)26/h5,7-10,12-14,30H,3-4,6,11H2,1-2H3. The molecule has 0 aliphatic heterocycles. The van der Waals surface area contributed by atoms with E-state index in [9.17, 15) is 9.50 Å². The monoisotopic (exact) mass is 487 g/mol. The molecule has 3 heterocycles. The van der Waals surface area contributed by atoms with Crippen molar-refractivity contribution in [1.29, 1.82) is 0 Å². The smallest absolute Gasteiger partial charge is 0.127 e. The summed E-state index contributed by atoms with van der Waals surface area (Å²) in [6, 6.07) is 8.84. The van der Waals surface area contributed by atoms with Gasteiger partial charge in [-0.1, -0.05) is 30.7 Å². The molecule has 4 rings (SSSR count). The van der Waals surface area contributed by atoms with E-state index in [0.29, 0.717) is 29.8 Å². The number of pyridine rings is 1. The highest BCUT2D eigenvalue weighted by Crippen LogP contribution is 2.34. The summed E-state index contributed by atoms with van der Waals surface area (Å²) < 4.78 is 14.0. The van der Waals surface area contributed by atoms with Crippen LogP contribution >= 0.6 is 34.3 Å². The summed E-state index contributed by atoms with van der Waals surface area (Å²) in [5, 5.41) is 14.0. The van der Waals surface area contributed by atoms with Crippen LogP contribution in [0.15, 0.2) is 41.9 Å². The number of aryl methyl sites for hydroxylation is 3. The van der Waals surface area contributed by atoms with Gasteiger partial charge in [0.05, 0.1) is 21.3 Å².